The zero-order chi connectivity index (χ0) is 24.1. The van der Waals surface area contributed by atoms with Crippen LogP contribution in [0.4, 0.5) is 8.78 Å². The van der Waals surface area contributed by atoms with Crippen molar-refractivity contribution in [2.45, 2.75) is 51.9 Å². The van der Waals surface area contributed by atoms with E-state index in [4.69, 9.17) is 26.1 Å². The molecule has 3 aromatic rings. The highest BCUT2D eigenvalue weighted by Gasteiger charge is 2.43. The molecule has 0 saturated heterocycles. The highest BCUT2D eigenvalue weighted by Crippen LogP contribution is 2.50. The molecule has 10 heteroatoms. The van der Waals surface area contributed by atoms with E-state index in [1.807, 2.05) is 22.7 Å². The zero-order valence-corrected chi connectivity index (χ0v) is 20.4. The monoisotopic (exact) mass is 542 g/mol. The number of alkyl halides is 2. The van der Waals surface area contributed by atoms with Gasteiger partial charge in [-0.2, -0.15) is 8.78 Å². The number of fused-ring (bicyclic) bond motifs is 3. The molecule has 6 nitrogen and oxygen atoms in total. The molecular formula is C23H22BrClF2N2O4. The number of halogens is 4. The third kappa shape index (κ3) is 4.72. The molecule has 0 spiro atoms. The summed E-state index contributed by atoms with van der Waals surface area (Å²) in [5, 5.41) is 10.1. The van der Waals surface area contributed by atoms with Crippen LogP contribution < -0.4 is 4.74 Å². The quantitative estimate of drug-likeness (QED) is 0.387. The van der Waals surface area contributed by atoms with Crippen LogP contribution in [0.25, 0.3) is 5.65 Å². The van der Waals surface area contributed by atoms with E-state index in [1.165, 1.54) is 12.1 Å². The van der Waals surface area contributed by atoms with Gasteiger partial charge in [0.1, 0.15) is 17.5 Å². The molecule has 0 saturated carbocycles. The Morgan fingerprint density at radius 2 is 2.03 bits per heavy atom. The summed E-state index contributed by atoms with van der Waals surface area (Å²) in [6, 6.07) is 8.13. The number of hydrogen-bond acceptors (Lipinski definition) is 4. The average molecular weight is 544 g/mol. The van der Waals surface area contributed by atoms with E-state index in [-0.39, 0.29) is 5.75 Å². The summed E-state index contributed by atoms with van der Waals surface area (Å²) in [7, 11) is 0. The maximum Gasteiger partial charge on any atom is 0.387 e. The van der Waals surface area contributed by atoms with Crippen molar-refractivity contribution in [2.24, 2.45) is 5.41 Å². The number of rotatable bonds is 6. The third-order valence-corrected chi connectivity index (χ3v) is 6.31. The van der Waals surface area contributed by atoms with Gasteiger partial charge in [0.2, 0.25) is 0 Å². The van der Waals surface area contributed by atoms with Crippen LogP contribution in [-0.2, 0) is 9.53 Å². The van der Waals surface area contributed by atoms with Crippen molar-refractivity contribution >= 4 is 39.1 Å². The lowest BCUT2D eigenvalue weighted by molar-refractivity contribution is -0.164. The number of carboxylic acid groups (broad SMARTS) is 1. The number of hydrogen-bond donors (Lipinski definition) is 1. The third-order valence-electron chi connectivity index (χ3n) is 5.61. The lowest BCUT2D eigenvalue weighted by Crippen LogP contribution is -2.37. The van der Waals surface area contributed by atoms with Crippen molar-refractivity contribution < 1.29 is 28.2 Å². The molecule has 0 aliphatic heterocycles. The Hall–Kier alpha value is -2.23. The minimum Gasteiger partial charge on any atom is -0.479 e. The lowest BCUT2D eigenvalue weighted by Gasteiger charge is -2.29. The maximum absolute atomic E-state index is 13.1. The van der Waals surface area contributed by atoms with Gasteiger partial charge < -0.3 is 19.0 Å². The van der Waals surface area contributed by atoms with Crippen molar-refractivity contribution in [1.29, 1.82) is 0 Å². The number of imidazole rings is 1. The molecule has 0 amide bonds. The molecule has 176 valence electrons. The molecule has 0 bridgehead atoms. The molecule has 1 unspecified atom stereocenters. The molecule has 1 aromatic carbocycles. The van der Waals surface area contributed by atoms with E-state index in [1.54, 1.807) is 26.8 Å². The molecular weight excluding hydrogens is 522 g/mol. The number of benzene rings is 1. The smallest absolute Gasteiger partial charge is 0.387 e. The number of aliphatic carboxylic acids is 1. The SMILES string of the molecule is CC(C)(C)C(O[C@@H]1C[C@H](c2cc(Cl)ccc2OC(F)F)c2c1nc1ccc(Br)cn21)C(=O)O. The van der Waals surface area contributed by atoms with Crippen molar-refractivity contribution in [3.8, 4) is 5.75 Å². The Kier molecular flexibility index (Phi) is 6.41. The van der Waals surface area contributed by atoms with Gasteiger partial charge >= 0.3 is 12.6 Å². The topological polar surface area (TPSA) is 73.1 Å². The van der Waals surface area contributed by atoms with Gasteiger partial charge in [-0.25, -0.2) is 9.78 Å². The van der Waals surface area contributed by atoms with Crippen LogP contribution in [-0.4, -0.2) is 33.2 Å². The van der Waals surface area contributed by atoms with Gasteiger partial charge in [-0.05, 0) is 58.1 Å². The normalized spacial score (nSPS) is 19.2. The van der Waals surface area contributed by atoms with E-state index < -0.39 is 36.1 Å². The van der Waals surface area contributed by atoms with E-state index in [0.29, 0.717) is 28.3 Å². The highest BCUT2D eigenvalue weighted by atomic mass is 79.9. The molecule has 33 heavy (non-hydrogen) atoms. The van der Waals surface area contributed by atoms with E-state index >= 15 is 0 Å². The Labute approximate surface area is 202 Å². The Bertz CT molecular complexity index is 1210. The summed E-state index contributed by atoms with van der Waals surface area (Å²) in [5.41, 5.74) is 1.70. The number of aromatic nitrogens is 2. The van der Waals surface area contributed by atoms with E-state index in [9.17, 15) is 18.7 Å². The van der Waals surface area contributed by atoms with E-state index in [0.717, 1.165) is 10.2 Å². The predicted molar refractivity (Wildman–Crippen MR) is 122 cm³/mol. The Morgan fingerprint density at radius 1 is 1.30 bits per heavy atom. The number of pyridine rings is 1. The van der Waals surface area contributed by atoms with Crippen LogP contribution in [0.5, 0.6) is 5.75 Å². The van der Waals surface area contributed by atoms with Gasteiger partial charge in [-0.15, -0.1) is 0 Å². The summed E-state index contributed by atoms with van der Waals surface area (Å²) in [6.45, 7) is 2.34. The van der Waals surface area contributed by atoms with Gasteiger partial charge in [0, 0.05) is 27.2 Å². The fourth-order valence-electron chi connectivity index (χ4n) is 4.26. The van der Waals surface area contributed by atoms with Crippen LogP contribution in [0.1, 0.15) is 56.2 Å². The van der Waals surface area contributed by atoms with Crippen LogP contribution in [0.2, 0.25) is 5.02 Å². The van der Waals surface area contributed by atoms with Gasteiger partial charge in [0.15, 0.2) is 6.10 Å². The molecule has 2 heterocycles. The minimum atomic E-state index is -3.01. The second-order valence-corrected chi connectivity index (χ2v) is 10.4. The average Bonchev–Trinajstić information content (AvgIpc) is 3.23. The number of carboxylic acids is 1. The fourth-order valence-corrected chi connectivity index (χ4v) is 4.78. The second-order valence-electron chi connectivity index (χ2n) is 9.02. The van der Waals surface area contributed by atoms with Gasteiger partial charge in [0.25, 0.3) is 0 Å². The van der Waals surface area contributed by atoms with Crippen LogP contribution in [0.15, 0.2) is 41.0 Å². The van der Waals surface area contributed by atoms with Crippen molar-refractivity contribution in [1.82, 2.24) is 9.38 Å². The molecule has 1 aliphatic carbocycles. The summed E-state index contributed by atoms with van der Waals surface area (Å²) < 4.78 is 39.8. The molecule has 0 fully saturated rings. The molecule has 3 atom stereocenters. The van der Waals surface area contributed by atoms with Crippen LogP contribution in [0.3, 0.4) is 0 Å². The molecule has 1 aliphatic rings. The van der Waals surface area contributed by atoms with Gasteiger partial charge in [-0.1, -0.05) is 32.4 Å². The highest BCUT2D eigenvalue weighted by molar-refractivity contribution is 9.10. The standard InChI is InChI=1S/C23H22BrClF2N2O4/c1-23(2,3)20(21(30)31)32-16-9-14(13-8-12(25)5-6-15(13)33-22(26)27)19-18(16)28-17-7-4-11(24)10-29(17)19/h4-8,10,14,16,20,22H,9H2,1-3H3,(H,30,31)/t14-,16-,20?/m1/s1. The second kappa shape index (κ2) is 8.85. The minimum absolute atomic E-state index is 0.00144. The van der Waals surface area contributed by atoms with Gasteiger partial charge in [0.05, 0.1) is 11.4 Å². The Balaban J connectivity index is 1.87. The first-order valence-electron chi connectivity index (χ1n) is 10.3. The molecule has 1 N–H and O–H groups in total. The van der Waals surface area contributed by atoms with Crippen LogP contribution in [0, 0.1) is 5.41 Å². The summed E-state index contributed by atoms with van der Waals surface area (Å²) >= 11 is 9.67. The lowest BCUT2D eigenvalue weighted by atomic mass is 9.88. The summed E-state index contributed by atoms with van der Waals surface area (Å²) in [6.07, 6.45) is 0.365. The predicted octanol–water partition coefficient (Wildman–Crippen LogP) is 6.44. The summed E-state index contributed by atoms with van der Waals surface area (Å²) in [4.78, 5) is 16.7. The van der Waals surface area contributed by atoms with Gasteiger partial charge in [-0.3, -0.25) is 0 Å². The largest absolute Gasteiger partial charge is 0.479 e. The van der Waals surface area contributed by atoms with E-state index in [2.05, 4.69) is 15.9 Å². The maximum atomic E-state index is 13.1. The molecule has 0 radical (unpaired) electrons. The number of nitrogens with zero attached hydrogens (tertiary/aromatic N) is 2. The fraction of sp³-hybridized carbons (Fsp3) is 0.391. The van der Waals surface area contributed by atoms with Crippen molar-refractivity contribution in [3.63, 3.8) is 0 Å². The summed E-state index contributed by atoms with van der Waals surface area (Å²) in [5.74, 6) is -1.54. The molecule has 4 rings (SSSR count). The Morgan fingerprint density at radius 3 is 2.67 bits per heavy atom. The first kappa shape index (κ1) is 23.9. The first-order chi connectivity index (χ1) is 15.5. The number of carbonyl (C=O) groups is 1. The first-order valence-corrected chi connectivity index (χ1v) is 11.4. The van der Waals surface area contributed by atoms with Crippen LogP contribution >= 0.6 is 27.5 Å². The zero-order valence-electron chi connectivity index (χ0n) is 18.1. The number of ether oxygens (including phenoxy) is 2. The molecule has 2 aromatic heterocycles. The van der Waals surface area contributed by atoms with Crippen molar-refractivity contribution in [2.75, 3.05) is 0 Å². The van der Waals surface area contributed by atoms with Crippen molar-refractivity contribution in [3.05, 3.63) is 63.0 Å².